The fraction of sp³-hybridized carbons (Fsp3) is 0.333. The number of carbonyl (C=O) groups excluding carboxylic acids is 2. The van der Waals surface area contributed by atoms with Crippen molar-refractivity contribution in [1.82, 2.24) is 4.90 Å². The summed E-state index contributed by atoms with van der Waals surface area (Å²) >= 11 is 6.28. The van der Waals surface area contributed by atoms with Crippen LogP contribution in [0.25, 0.3) is 0 Å². The van der Waals surface area contributed by atoms with Gasteiger partial charge >= 0.3 is 0 Å². The molecule has 2 aromatic carbocycles. The van der Waals surface area contributed by atoms with Crippen LogP contribution in [0.15, 0.2) is 48.5 Å². The van der Waals surface area contributed by atoms with Gasteiger partial charge in [0.1, 0.15) is 0 Å². The molecule has 2 unspecified atom stereocenters. The van der Waals surface area contributed by atoms with E-state index in [4.69, 9.17) is 17.3 Å². The van der Waals surface area contributed by atoms with Gasteiger partial charge in [-0.05, 0) is 37.6 Å². The summed E-state index contributed by atoms with van der Waals surface area (Å²) < 4.78 is 0. The van der Waals surface area contributed by atoms with Gasteiger partial charge in [0.25, 0.3) is 5.91 Å². The van der Waals surface area contributed by atoms with Crippen LogP contribution in [0, 0.1) is 5.92 Å². The summed E-state index contributed by atoms with van der Waals surface area (Å²) in [6, 6.07) is 14.0. The third-order valence-electron chi connectivity index (χ3n) is 4.65. The van der Waals surface area contributed by atoms with E-state index < -0.39 is 12.0 Å². The topological polar surface area (TPSA) is 75.4 Å². The number of anilines is 1. The number of nitrogens with two attached hydrogens (primary N) is 1. The standard InChI is InChI=1S/C21H26ClN3O2.ClH/c1-4-25(5-2)21(27)17-12-11-16(13-18(17)22)24-20(26)14(3)19(23)15-9-7-6-8-10-15;/h6-14,19H,4-5,23H2,1-3H3,(H,24,26);1H. The maximum atomic E-state index is 12.5. The Hall–Kier alpha value is -2.08. The first kappa shape index (κ1) is 24.0. The molecule has 0 saturated heterocycles. The van der Waals surface area contributed by atoms with E-state index in [9.17, 15) is 9.59 Å². The van der Waals surface area contributed by atoms with Crippen molar-refractivity contribution >= 4 is 41.5 Å². The minimum absolute atomic E-state index is 0. The first-order valence-corrected chi connectivity index (χ1v) is 9.47. The molecule has 5 nitrogen and oxygen atoms in total. The van der Waals surface area contributed by atoms with Crippen molar-refractivity contribution in [3.63, 3.8) is 0 Å². The lowest BCUT2D eigenvalue weighted by atomic mass is 9.94. The smallest absolute Gasteiger partial charge is 0.255 e. The number of carbonyl (C=O) groups is 2. The fourth-order valence-corrected chi connectivity index (χ4v) is 3.09. The van der Waals surface area contributed by atoms with Crippen molar-refractivity contribution in [3.05, 3.63) is 64.7 Å². The molecular weight excluding hydrogens is 397 g/mol. The Balaban J connectivity index is 0.00000392. The molecule has 0 aromatic heterocycles. The highest BCUT2D eigenvalue weighted by Crippen LogP contribution is 2.25. The molecule has 3 N–H and O–H groups in total. The highest BCUT2D eigenvalue weighted by Gasteiger charge is 2.23. The van der Waals surface area contributed by atoms with E-state index >= 15 is 0 Å². The van der Waals surface area contributed by atoms with Crippen LogP contribution in [-0.2, 0) is 4.79 Å². The zero-order chi connectivity index (χ0) is 20.0. The number of hydrogen-bond donors (Lipinski definition) is 2. The molecule has 0 heterocycles. The molecule has 0 aliphatic carbocycles. The molecule has 0 spiro atoms. The number of benzene rings is 2. The van der Waals surface area contributed by atoms with Gasteiger partial charge in [-0.15, -0.1) is 12.4 Å². The van der Waals surface area contributed by atoms with Crippen LogP contribution in [0.4, 0.5) is 5.69 Å². The van der Waals surface area contributed by atoms with Gasteiger partial charge in [-0.25, -0.2) is 0 Å². The summed E-state index contributed by atoms with van der Waals surface area (Å²) in [5.74, 6) is -0.754. The van der Waals surface area contributed by atoms with Gasteiger partial charge in [-0.2, -0.15) is 0 Å². The Morgan fingerprint density at radius 3 is 2.25 bits per heavy atom. The van der Waals surface area contributed by atoms with Gasteiger partial charge in [0.05, 0.1) is 16.5 Å². The minimum Gasteiger partial charge on any atom is -0.339 e. The van der Waals surface area contributed by atoms with Crippen LogP contribution >= 0.6 is 24.0 Å². The average Bonchev–Trinajstić information content (AvgIpc) is 2.68. The first-order chi connectivity index (χ1) is 12.9. The summed E-state index contributed by atoms with van der Waals surface area (Å²) in [5.41, 5.74) is 8.07. The summed E-state index contributed by atoms with van der Waals surface area (Å²) in [7, 11) is 0. The maximum absolute atomic E-state index is 12.5. The monoisotopic (exact) mass is 423 g/mol. The first-order valence-electron chi connectivity index (χ1n) is 9.09. The number of halogens is 2. The van der Waals surface area contributed by atoms with Crippen LogP contribution in [-0.4, -0.2) is 29.8 Å². The minimum atomic E-state index is -0.428. The molecule has 152 valence electrons. The lowest BCUT2D eigenvalue weighted by molar-refractivity contribution is -0.120. The Labute approximate surface area is 177 Å². The molecule has 0 saturated carbocycles. The highest BCUT2D eigenvalue weighted by atomic mass is 35.5. The lowest BCUT2D eigenvalue weighted by Crippen LogP contribution is -2.31. The summed E-state index contributed by atoms with van der Waals surface area (Å²) in [6.07, 6.45) is 0. The van der Waals surface area contributed by atoms with E-state index in [1.807, 2.05) is 44.2 Å². The van der Waals surface area contributed by atoms with Crippen molar-refractivity contribution in [2.75, 3.05) is 18.4 Å². The molecule has 0 aliphatic rings. The fourth-order valence-electron chi connectivity index (χ4n) is 2.83. The normalized spacial score (nSPS) is 12.5. The lowest BCUT2D eigenvalue weighted by Gasteiger charge is -2.21. The molecule has 2 rings (SSSR count). The van der Waals surface area contributed by atoms with E-state index in [0.29, 0.717) is 29.4 Å². The van der Waals surface area contributed by atoms with Crippen LogP contribution in [0.3, 0.4) is 0 Å². The van der Waals surface area contributed by atoms with Crippen molar-refractivity contribution in [2.24, 2.45) is 11.7 Å². The van der Waals surface area contributed by atoms with Crippen molar-refractivity contribution in [3.8, 4) is 0 Å². The van der Waals surface area contributed by atoms with E-state index in [2.05, 4.69) is 5.32 Å². The molecule has 0 bridgehead atoms. The van der Waals surface area contributed by atoms with Crippen molar-refractivity contribution < 1.29 is 9.59 Å². The number of nitrogens with one attached hydrogen (secondary N) is 1. The van der Waals surface area contributed by atoms with Crippen LogP contribution in [0.5, 0.6) is 0 Å². The second kappa shape index (κ2) is 11.1. The van der Waals surface area contributed by atoms with Gasteiger partial charge in [-0.3, -0.25) is 9.59 Å². The Bertz CT molecular complexity index is 795. The molecule has 7 heteroatoms. The molecule has 2 atom stereocenters. The highest BCUT2D eigenvalue weighted by molar-refractivity contribution is 6.34. The summed E-state index contributed by atoms with van der Waals surface area (Å²) in [5, 5.41) is 3.14. The Kier molecular flexibility index (Phi) is 9.46. The van der Waals surface area contributed by atoms with E-state index in [1.165, 1.54) is 0 Å². The summed E-state index contributed by atoms with van der Waals surface area (Å²) in [4.78, 5) is 26.7. The maximum Gasteiger partial charge on any atom is 0.255 e. The molecule has 0 fully saturated rings. The second-order valence-electron chi connectivity index (χ2n) is 6.39. The molecule has 0 aliphatic heterocycles. The second-order valence-corrected chi connectivity index (χ2v) is 6.79. The average molecular weight is 424 g/mol. The van der Waals surface area contributed by atoms with E-state index in [-0.39, 0.29) is 24.2 Å². The van der Waals surface area contributed by atoms with Gasteiger partial charge in [0.2, 0.25) is 5.91 Å². The zero-order valence-electron chi connectivity index (χ0n) is 16.3. The third kappa shape index (κ3) is 5.71. The predicted molar refractivity (Wildman–Crippen MR) is 117 cm³/mol. The Morgan fingerprint density at radius 2 is 1.71 bits per heavy atom. The van der Waals surface area contributed by atoms with Gasteiger partial charge in [0.15, 0.2) is 0 Å². The van der Waals surface area contributed by atoms with Gasteiger partial charge in [-0.1, -0.05) is 48.9 Å². The molecule has 2 aromatic rings. The number of rotatable bonds is 7. The van der Waals surface area contributed by atoms with Crippen molar-refractivity contribution in [2.45, 2.75) is 26.8 Å². The number of amides is 2. The zero-order valence-corrected chi connectivity index (χ0v) is 17.9. The molecule has 28 heavy (non-hydrogen) atoms. The molecule has 0 radical (unpaired) electrons. The quantitative estimate of drug-likeness (QED) is 0.686. The van der Waals surface area contributed by atoms with E-state index in [0.717, 1.165) is 5.56 Å². The summed E-state index contributed by atoms with van der Waals surface area (Å²) in [6.45, 7) is 6.84. The predicted octanol–water partition coefficient (Wildman–Crippen LogP) is 4.52. The van der Waals surface area contributed by atoms with Crippen LogP contribution in [0.2, 0.25) is 5.02 Å². The van der Waals surface area contributed by atoms with Crippen LogP contribution < -0.4 is 11.1 Å². The number of nitrogens with zero attached hydrogens (tertiary/aromatic N) is 1. The number of hydrogen-bond acceptors (Lipinski definition) is 3. The molecular formula is C21H27Cl2N3O2. The van der Waals surface area contributed by atoms with E-state index in [1.54, 1.807) is 30.0 Å². The largest absolute Gasteiger partial charge is 0.339 e. The van der Waals surface area contributed by atoms with Gasteiger partial charge < -0.3 is 16.0 Å². The SMILES string of the molecule is CCN(CC)C(=O)c1ccc(NC(=O)C(C)C(N)c2ccccc2)cc1Cl.Cl. The van der Waals surface area contributed by atoms with Crippen molar-refractivity contribution in [1.29, 1.82) is 0 Å². The van der Waals surface area contributed by atoms with Crippen LogP contribution in [0.1, 0.15) is 42.7 Å². The van der Waals surface area contributed by atoms with Gasteiger partial charge in [0, 0.05) is 24.8 Å². The third-order valence-corrected chi connectivity index (χ3v) is 4.97. The Morgan fingerprint density at radius 1 is 1.11 bits per heavy atom. The molecule has 2 amide bonds.